The normalized spacial score (nSPS) is 14.7. The molecule has 1 atom stereocenters. The van der Waals surface area contributed by atoms with Gasteiger partial charge in [0.1, 0.15) is 11.5 Å². The number of carbonyl (C=O) groups is 1. The number of hydrogen-bond acceptors (Lipinski definition) is 5. The lowest BCUT2D eigenvalue weighted by molar-refractivity contribution is -0.122. The second-order valence-corrected chi connectivity index (χ2v) is 9.09. The molecule has 9 heteroatoms. The lowest BCUT2D eigenvalue weighted by Crippen LogP contribution is -2.41. The maximum Gasteiger partial charge on any atom is 0.285 e. The summed E-state index contributed by atoms with van der Waals surface area (Å²) in [6, 6.07) is 21.2. The first-order chi connectivity index (χ1) is 15.8. The van der Waals surface area contributed by atoms with E-state index < -0.39 is 21.9 Å². The number of amidine groups is 1. The van der Waals surface area contributed by atoms with E-state index in [4.69, 9.17) is 4.74 Å². The molecule has 0 aromatic heterocycles. The highest BCUT2D eigenvalue weighted by atomic mass is 32.2. The summed E-state index contributed by atoms with van der Waals surface area (Å²) in [6.45, 7) is -0.121. The van der Waals surface area contributed by atoms with Crippen LogP contribution in [-0.2, 0) is 14.8 Å². The van der Waals surface area contributed by atoms with Crippen molar-refractivity contribution in [2.24, 2.45) is 4.40 Å². The van der Waals surface area contributed by atoms with E-state index in [1.165, 1.54) is 23.1 Å². The number of para-hydroxylation sites is 1. The molecule has 3 aromatic rings. The number of fused-ring (bicyclic) bond motifs is 1. The molecule has 1 aliphatic heterocycles. The van der Waals surface area contributed by atoms with E-state index in [1.807, 2.05) is 30.3 Å². The Morgan fingerprint density at radius 3 is 2.45 bits per heavy atom. The smallest absolute Gasteiger partial charge is 0.285 e. The molecule has 1 amide bonds. The van der Waals surface area contributed by atoms with E-state index in [-0.39, 0.29) is 35.5 Å². The van der Waals surface area contributed by atoms with Gasteiger partial charge in [-0.05, 0) is 29.8 Å². The van der Waals surface area contributed by atoms with E-state index in [9.17, 15) is 17.6 Å². The molecular weight excluding hydrogens is 445 g/mol. The van der Waals surface area contributed by atoms with Crippen molar-refractivity contribution < 1.29 is 22.3 Å². The Hall–Kier alpha value is -3.72. The molecule has 0 bridgehead atoms. The molecule has 1 N–H and O–H groups in total. The molecule has 0 aliphatic carbocycles. The third-order valence-corrected chi connectivity index (χ3v) is 6.46. The molecule has 0 saturated carbocycles. The predicted octanol–water partition coefficient (Wildman–Crippen LogP) is 3.14. The van der Waals surface area contributed by atoms with E-state index in [0.717, 1.165) is 5.56 Å². The van der Waals surface area contributed by atoms with Crippen molar-refractivity contribution in [1.29, 1.82) is 0 Å². The number of rotatable bonds is 7. The second kappa shape index (κ2) is 9.41. The first kappa shape index (κ1) is 22.5. The fourth-order valence-corrected chi connectivity index (χ4v) is 4.79. The van der Waals surface area contributed by atoms with Crippen LogP contribution in [0.15, 0.2) is 88.2 Å². The van der Waals surface area contributed by atoms with Gasteiger partial charge < -0.3 is 15.0 Å². The highest BCUT2D eigenvalue weighted by Crippen LogP contribution is 2.27. The van der Waals surface area contributed by atoms with Crippen LogP contribution in [0.4, 0.5) is 4.39 Å². The van der Waals surface area contributed by atoms with Crippen LogP contribution in [-0.4, -0.2) is 45.3 Å². The molecule has 0 saturated heterocycles. The van der Waals surface area contributed by atoms with Gasteiger partial charge in [0, 0.05) is 12.6 Å². The minimum absolute atomic E-state index is 0.0125. The molecule has 1 unspecified atom stereocenters. The minimum Gasteiger partial charge on any atom is -0.488 e. The van der Waals surface area contributed by atoms with Crippen molar-refractivity contribution in [2.75, 3.05) is 20.2 Å². The molecule has 3 aromatic carbocycles. The highest BCUT2D eigenvalue weighted by Gasteiger charge is 2.31. The average molecular weight is 468 g/mol. The number of hydrogen-bond donors (Lipinski definition) is 1. The van der Waals surface area contributed by atoms with Crippen LogP contribution < -0.4 is 10.1 Å². The van der Waals surface area contributed by atoms with Gasteiger partial charge in [-0.25, -0.2) is 4.39 Å². The third kappa shape index (κ3) is 5.04. The van der Waals surface area contributed by atoms with Crippen molar-refractivity contribution in [1.82, 2.24) is 10.2 Å². The molecule has 7 nitrogen and oxygen atoms in total. The van der Waals surface area contributed by atoms with E-state index in [0.29, 0.717) is 5.56 Å². The van der Waals surface area contributed by atoms with Crippen molar-refractivity contribution in [2.45, 2.75) is 10.9 Å². The van der Waals surface area contributed by atoms with Gasteiger partial charge in [-0.2, -0.15) is 8.42 Å². The van der Waals surface area contributed by atoms with Crippen LogP contribution in [0.5, 0.6) is 5.75 Å². The van der Waals surface area contributed by atoms with Crippen LogP contribution >= 0.6 is 0 Å². The molecular formula is C24H22FN3O4S. The van der Waals surface area contributed by atoms with Crippen molar-refractivity contribution in [3.8, 4) is 5.75 Å². The number of nitrogens with zero attached hydrogens (tertiary/aromatic N) is 2. The number of ether oxygens (including phenoxy) is 1. The summed E-state index contributed by atoms with van der Waals surface area (Å²) in [6.07, 6.45) is 0. The Bertz CT molecular complexity index is 1300. The molecule has 0 spiro atoms. The molecule has 170 valence electrons. The number of halogens is 1. The Balaban J connectivity index is 1.48. The quantitative estimate of drug-likeness (QED) is 0.577. The Labute approximate surface area is 191 Å². The summed E-state index contributed by atoms with van der Waals surface area (Å²) < 4.78 is 48.0. The van der Waals surface area contributed by atoms with Crippen molar-refractivity contribution >= 4 is 21.8 Å². The van der Waals surface area contributed by atoms with E-state index in [1.54, 1.807) is 37.4 Å². The topological polar surface area (TPSA) is 88.1 Å². The maximum atomic E-state index is 14.0. The zero-order valence-electron chi connectivity index (χ0n) is 17.8. The van der Waals surface area contributed by atoms with Gasteiger partial charge in [-0.3, -0.25) is 4.79 Å². The lowest BCUT2D eigenvalue weighted by Gasteiger charge is -2.23. The van der Waals surface area contributed by atoms with Gasteiger partial charge in [-0.15, -0.1) is 4.40 Å². The molecule has 1 aliphatic rings. The number of amides is 1. The maximum absolute atomic E-state index is 14.0. The number of benzene rings is 3. The number of likely N-dealkylation sites (N-methyl/N-ethyl adjacent to an activating group) is 1. The first-order valence-corrected chi connectivity index (χ1v) is 11.7. The average Bonchev–Trinajstić information content (AvgIpc) is 3.09. The second-order valence-electron chi connectivity index (χ2n) is 7.51. The fourth-order valence-electron chi connectivity index (χ4n) is 3.54. The molecule has 1 heterocycles. The van der Waals surface area contributed by atoms with Gasteiger partial charge in [-0.1, -0.05) is 54.6 Å². The zero-order chi connectivity index (χ0) is 23.4. The SMILES string of the molecule is CN(CC(=O)NC(COc1ccccc1F)c1ccccc1)C1=NS(=O)(=O)c2ccccc21. The monoisotopic (exact) mass is 467 g/mol. The summed E-state index contributed by atoms with van der Waals surface area (Å²) in [7, 11) is -2.19. The summed E-state index contributed by atoms with van der Waals surface area (Å²) >= 11 is 0. The standard InChI is InChI=1S/C24H22FN3O4S/c1-28(24-18-11-5-8-14-22(18)33(30,31)27-24)15-23(29)26-20(17-9-3-2-4-10-17)16-32-21-13-7-6-12-19(21)25/h2-14,20H,15-16H2,1H3,(H,26,29). The van der Waals surface area contributed by atoms with Crippen LogP contribution in [0.1, 0.15) is 17.2 Å². The predicted molar refractivity (Wildman–Crippen MR) is 122 cm³/mol. The van der Waals surface area contributed by atoms with Gasteiger partial charge in [0.05, 0.1) is 12.6 Å². The summed E-state index contributed by atoms with van der Waals surface area (Å²) in [4.78, 5) is 14.5. The van der Waals surface area contributed by atoms with Gasteiger partial charge in [0.25, 0.3) is 10.0 Å². The van der Waals surface area contributed by atoms with Gasteiger partial charge in [0.2, 0.25) is 5.91 Å². The Morgan fingerprint density at radius 2 is 1.70 bits per heavy atom. The number of carbonyl (C=O) groups excluding carboxylic acids is 1. The van der Waals surface area contributed by atoms with Crippen LogP contribution in [0, 0.1) is 5.82 Å². The summed E-state index contributed by atoms with van der Waals surface area (Å²) in [5.41, 5.74) is 1.24. The van der Waals surface area contributed by atoms with Crippen LogP contribution in [0.2, 0.25) is 0 Å². The Morgan fingerprint density at radius 1 is 1.03 bits per heavy atom. The number of sulfonamides is 1. The zero-order valence-corrected chi connectivity index (χ0v) is 18.6. The van der Waals surface area contributed by atoms with Crippen LogP contribution in [0.3, 0.4) is 0 Å². The minimum atomic E-state index is -3.79. The van der Waals surface area contributed by atoms with Gasteiger partial charge in [0.15, 0.2) is 17.4 Å². The van der Waals surface area contributed by atoms with E-state index >= 15 is 0 Å². The highest BCUT2D eigenvalue weighted by molar-refractivity contribution is 7.90. The lowest BCUT2D eigenvalue weighted by atomic mass is 10.1. The summed E-state index contributed by atoms with van der Waals surface area (Å²) in [5.74, 6) is -0.561. The molecule has 0 radical (unpaired) electrons. The molecule has 33 heavy (non-hydrogen) atoms. The first-order valence-electron chi connectivity index (χ1n) is 10.2. The Kier molecular flexibility index (Phi) is 6.41. The van der Waals surface area contributed by atoms with Crippen molar-refractivity contribution in [3.05, 3.63) is 95.8 Å². The van der Waals surface area contributed by atoms with E-state index in [2.05, 4.69) is 9.71 Å². The summed E-state index contributed by atoms with van der Waals surface area (Å²) in [5, 5.41) is 2.89. The molecule has 0 fully saturated rings. The van der Waals surface area contributed by atoms with Crippen LogP contribution in [0.25, 0.3) is 0 Å². The third-order valence-electron chi connectivity index (χ3n) is 5.13. The number of nitrogens with one attached hydrogen (secondary N) is 1. The van der Waals surface area contributed by atoms with Gasteiger partial charge >= 0.3 is 0 Å². The molecule has 4 rings (SSSR count). The largest absolute Gasteiger partial charge is 0.488 e. The fraction of sp³-hybridized carbons (Fsp3) is 0.167. The van der Waals surface area contributed by atoms with Crippen molar-refractivity contribution in [3.63, 3.8) is 0 Å².